The van der Waals surface area contributed by atoms with Gasteiger partial charge in [-0.1, -0.05) is 6.92 Å². The van der Waals surface area contributed by atoms with Crippen molar-refractivity contribution < 1.29 is 4.79 Å². The van der Waals surface area contributed by atoms with E-state index in [-0.39, 0.29) is 5.91 Å². The zero-order valence-corrected chi connectivity index (χ0v) is 11.6. The maximum absolute atomic E-state index is 11.9. The number of amides is 1. The van der Waals surface area contributed by atoms with Crippen LogP contribution in [0.3, 0.4) is 0 Å². The third kappa shape index (κ3) is 4.27. The molecule has 0 saturated carbocycles. The smallest absolute Gasteiger partial charge is 0.267 e. The summed E-state index contributed by atoms with van der Waals surface area (Å²) in [4.78, 5) is 11.9. The average Bonchev–Trinajstić information content (AvgIpc) is 2.66. The minimum absolute atomic E-state index is 0.0406. The summed E-state index contributed by atoms with van der Waals surface area (Å²) in [6, 6.07) is 1.84. The fraction of sp³-hybridized carbons (Fsp3) is 0.462. The van der Waals surface area contributed by atoms with Crippen LogP contribution >= 0.6 is 15.9 Å². The number of hydrogen-bond donors (Lipinski definition) is 1. The van der Waals surface area contributed by atoms with Crippen LogP contribution in [0.5, 0.6) is 0 Å². The minimum Gasteiger partial charge on any atom is -0.351 e. The van der Waals surface area contributed by atoms with Crippen LogP contribution < -0.4 is 5.32 Å². The topological polar surface area (TPSA) is 34.0 Å². The molecule has 0 bridgehead atoms. The lowest BCUT2D eigenvalue weighted by molar-refractivity contribution is 0.0944. The quantitative estimate of drug-likeness (QED) is 0.636. The Morgan fingerprint density at radius 3 is 3.06 bits per heavy atom. The summed E-state index contributed by atoms with van der Waals surface area (Å²) in [5.41, 5.74) is 0.694. The van der Waals surface area contributed by atoms with E-state index in [1.165, 1.54) is 0 Å². The molecule has 1 aromatic heterocycles. The number of nitrogens with zero attached hydrogens (tertiary/aromatic N) is 1. The Bertz CT molecular complexity index is 418. The number of aryl methyl sites for hydroxylation is 1. The summed E-state index contributed by atoms with van der Waals surface area (Å²) in [5.74, 6) is 2.51. The first kappa shape index (κ1) is 13.9. The van der Waals surface area contributed by atoms with E-state index >= 15 is 0 Å². The van der Waals surface area contributed by atoms with E-state index in [0.29, 0.717) is 18.7 Å². The number of rotatable bonds is 6. The fourth-order valence-electron chi connectivity index (χ4n) is 1.57. The number of carbonyl (C=O) groups is 1. The molecular formula is C13H17BrN2O. The monoisotopic (exact) mass is 296 g/mol. The number of carbonyl (C=O) groups excluding carboxylic acids is 1. The Balaban J connectivity index is 2.58. The van der Waals surface area contributed by atoms with Crippen molar-refractivity contribution >= 4 is 21.8 Å². The zero-order valence-electron chi connectivity index (χ0n) is 10.0. The van der Waals surface area contributed by atoms with Gasteiger partial charge in [0.05, 0.1) is 0 Å². The molecule has 0 aliphatic rings. The van der Waals surface area contributed by atoms with E-state index in [0.717, 1.165) is 23.9 Å². The van der Waals surface area contributed by atoms with Crippen molar-refractivity contribution in [3.05, 3.63) is 22.4 Å². The van der Waals surface area contributed by atoms with Gasteiger partial charge >= 0.3 is 0 Å². The van der Waals surface area contributed by atoms with Crippen LogP contribution in [0.15, 0.2) is 16.7 Å². The van der Waals surface area contributed by atoms with Gasteiger partial charge in [-0.25, -0.2) is 0 Å². The molecule has 3 nitrogen and oxygen atoms in total. The van der Waals surface area contributed by atoms with Crippen molar-refractivity contribution in [2.75, 3.05) is 6.54 Å². The van der Waals surface area contributed by atoms with Gasteiger partial charge in [0.1, 0.15) is 5.69 Å². The Labute approximate surface area is 111 Å². The van der Waals surface area contributed by atoms with E-state index < -0.39 is 0 Å². The summed E-state index contributed by atoms with van der Waals surface area (Å²) in [6.45, 7) is 3.55. The molecule has 92 valence electrons. The Morgan fingerprint density at radius 1 is 1.65 bits per heavy atom. The summed E-state index contributed by atoms with van der Waals surface area (Å²) in [6.07, 6.45) is 9.59. The van der Waals surface area contributed by atoms with Crippen LogP contribution in [-0.2, 0) is 6.54 Å². The first-order chi connectivity index (χ1) is 8.19. The third-order valence-corrected chi connectivity index (χ3v) is 2.78. The minimum atomic E-state index is -0.0406. The second-order valence-corrected chi connectivity index (χ2v) is 4.72. The van der Waals surface area contributed by atoms with Gasteiger partial charge in [-0.2, -0.15) is 0 Å². The standard InChI is InChI=1S/C13H17BrN2O/c1-3-5-6-7-15-13(17)12-9-11(14)10-16(12)8-4-2/h1,9-10H,4-8H2,2H3,(H,15,17). The SMILES string of the molecule is C#CCCCNC(=O)c1cc(Br)cn1CCC. The molecule has 0 atom stereocenters. The molecule has 0 unspecified atom stereocenters. The van der Waals surface area contributed by atoms with E-state index in [4.69, 9.17) is 6.42 Å². The van der Waals surface area contributed by atoms with E-state index in [1.54, 1.807) is 0 Å². The van der Waals surface area contributed by atoms with Crippen LogP contribution in [0.25, 0.3) is 0 Å². The molecule has 4 heteroatoms. The molecule has 17 heavy (non-hydrogen) atoms. The van der Waals surface area contributed by atoms with Crippen LogP contribution in [0.1, 0.15) is 36.7 Å². The van der Waals surface area contributed by atoms with Crippen LogP contribution in [0.4, 0.5) is 0 Å². The molecule has 1 heterocycles. The van der Waals surface area contributed by atoms with Crippen LogP contribution in [0, 0.1) is 12.3 Å². The highest BCUT2D eigenvalue weighted by Gasteiger charge is 2.11. The molecule has 0 aliphatic carbocycles. The first-order valence-corrected chi connectivity index (χ1v) is 6.55. The predicted octanol–water partition coefficient (Wildman–Crippen LogP) is 2.80. The van der Waals surface area contributed by atoms with Gasteiger partial charge in [-0.05, 0) is 34.8 Å². The molecule has 0 aliphatic heterocycles. The summed E-state index contributed by atoms with van der Waals surface area (Å²) < 4.78 is 2.89. The van der Waals surface area contributed by atoms with Gasteiger partial charge in [0, 0.05) is 30.2 Å². The van der Waals surface area contributed by atoms with E-state index in [9.17, 15) is 4.79 Å². The number of aromatic nitrogens is 1. The van der Waals surface area contributed by atoms with Crippen molar-refractivity contribution in [2.45, 2.75) is 32.7 Å². The maximum Gasteiger partial charge on any atom is 0.267 e. The molecule has 1 aromatic rings. The van der Waals surface area contributed by atoms with E-state index in [1.807, 2.05) is 16.8 Å². The van der Waals surface area contributed by atoms with Crippen molar-refractivity contribution in [1.82, 2.24) is 9.88 Å². The van der Waals surface area contributed by atoms with Crippen molar-refractivity contribution in [1.29, 1.82) is 0 Å². The second-order valence-electron chi connectivity index (χ2n) is 3.80. The normalized spacial score (nSPS) is 9.94. The molecule has 0 fully saturated rings. The molecule has 0 radical (unpaired) electrons. The summed E-state index contributed by atoms with van der Waals surface area (Å²) in [7, 11) is 0. The highest BCUT2D eigenvalue weighted by molar-refractivity contribution is 9.10. The average molecular weight is 297 g/mol. The molecule has 1 rings (SSSR count). The first-order valence-electron chi connectivity index (χ1n) is 5.76. The lowest BCUT2D eigenvalue weighted by Crippen LogP contribution is -2.26. The maximum atomic E-state index is 11.9. The van der Waals surface area contributed by atoms with Crippen LogP contribution in [-0.4, -0.2) is 17.0 Å². The van der Waals surface area contributed by atoms with Gasteiger partial charge in [0.25, 0.3) is 5.91 Å². The van der Waals surface area contributed by atoms with Crippen molar-refractivity contribution in [3.8, 4) is 12.3 Å². The number of unbranched alkanes of at least 4 members (excludes halogenated alkanes) is 1. The highest BCUT2D eigenvalue weighted by atomic mass is 79.9. The van der Waals surface area contributed by atoms with Crippen molar-refractivity contribution in [3.63, 3.8) is 0 Å². The number of hydrogen-bond acceptors (Lipinski definition) is 1. The molecule has 1 N–H and O–H groups in total. The second kappa shape index (κ2) is 7.18. The van der Waals surface area contributed by atoms with Gasteiger partial charge in [-0.15, -0.1) is 12.3 Å². The van der Waals surface area contributed by atoms with Gasteiger partial charge in [0.2, 0.25) is 0 Å². The van der Waals surface area contributed by atoms with E-state index in [2.05, 4.69) is 34.1 Å². The predicted molar refractivity (Wildman–Crippen MR) is 72.8 cm³/mol. The fourth-order valence-corrected chi connectivity index (χ4v) is 2.04. The number of nitrogens with one attached hydrogen (secondary N) is 1. The zero-order chi connectivity index (χ0) is 12.7. The Hall–Kier alpha value is -1.21. The largest absolute Gasteiger partial charge is 0.351 e. The summed E-state index contributed by atoms with van der Waals surface area (Å²) >= 11 is 3.39. The lowest BCUT2D eigenvalue weighted by atomic mass is 10.3. The highest BCUT2D eigenvalue weighted by Crippen LogP contribution is 2.15. The molecule has 0 saturated heterocycles. The Morgan fingerprint density at radius 2 is 2.41 bits per heavy atom. The lowest BCUT2D eigenvalue weighted by Gasteiger charge is -2.07. The Kier molecular flexibility index (Phi) is 5.85. The molecule has 0 spiro atoms. The molecular weight excluding hydrogens is 280 g/mol. The molecule has 0 aromatic carbocycles. The molecule has 1 amide bonds. The number of terminal acetylenes is 1. The number of halogens is 1. The van der Waals surface area contributed by atoms with Crippen LogP contribution in [0.2, 0.25) is 0 Å². The van der Waals surface area contributed by atoms with Crippen molar-refractivity contribution in [2.24, 2.45) is 0 Å². The van der Waals surface area contributed by atoms with Gasteiger partial charge < -0.3 is 9.88 Å². The van der Waals surface area contributed by atoms with Gasteiger partial charge in [0.15, 0.2) is 0 Å². The van der Waals surface area contributed by atoms with Gasteiger partial charge in [-0.3, -0.25) is 4.79 Å². The third-order valence-electron chi connectivity index (χ3n) is 2.34. The summed E-state index contributed by atoms with van der Waals surface area (Å²) in [5, 5.41) is 2.87.